The zero-order valence-electron chi connectivity index (χ0n) is 7.40. The highest BCUT2D eigenvalue weighted by atomic mass is 32.1. The first-order valence-electron chi connectivity index (χ1n) is 4.93. The molecule has 0 bridgehead atoms. The molecule has 3 rings (SSSR count). The van der Waals surface area contributed by atoms with Crippen molar-refractivity contribution in [2.75, 3.05) is 6.54 Å². The maximum absolute atomic E-state index is 11.9. The first-order valence-corrected chi connectivity index (χ1v) is 5.33. The topological polar surface area (TPSA) is 23.6 Å². The SMILES string of the molecule is O=C1C2CCCN2C(=S)N1C1CC1. The van der Waals surface area contributed by atoms with Gasteiger partial charge in [0.2, 0.25) is 0 Å². The Morgan fingerprint density at radius 3 is 2.69 bits per heavy atom. The van der Waals surface area contributed by atoms with Crippen molar-refractivity contribution in [2.45, 2.75) is 37.8 Å². The first kappa shape index (κ1) is 7.74. The van der Waals surface area contributed by atoms with Gasteiger partial charge in [0, 0.05) is 12.6 Å². The summed E-state index contributed by atoms with van der Waals surface area (Å²) in [4.78, 5) is 15.8. The standard InChI is InChI=1S/C9H12N2OS/c12-8-7-2-1-5-10(7)9(13)11(8)6-3-4-6/h6-7H,1-5H2. The normalized spacial score (nSPS) is 33.1. The molecule has 3 aliphatic rings. The first-order chi connectivity index (χ1) is 6.29. The van der Waals surface area contributed by atoms with Crippen molar-refractivity contribution in [2.24, 2.45) is 0 Å². The highest BCUT2D eigenvalue weighted by Crippen LogP contribution is 2.36. The van der Waals surface area contributed by atoms with Crippen LogP contribution in [0, 0.1) is 0 Å². The van der Waals surface area contributed by atoms with Crippen molar-refractivity contribution < 1.29 is 4.79 Å². The van der Waals surface area contributed by atoms with E-state index in [4.69, 9.17) is 12.2 Å². The van der Waals surface area contributed by atoms with E-state index < -0.39 is 0 Å². The van der Waals surface area contributed by atoms with Crippen LogP contribution in [0.25, 0.3) is 0 Å². The Labute approximate surface area is 82.7 Å². The number of rotatable bonds is 1. The molecule has 1 unspecified atom stereocenters. The van der Waals surface area contributed by atoms with Gasteiger partial charge in [0.1, 0.15) is 6.04 Å². The van der Waals surface area contributed by atoms with Crippen molar-refractivity contribution in [3.63, 3.8) is 0 Å². The molecule has 0 aromatic rings. The van der Waals surface area contributed by atoms with E-state index in [1.807, 2.05) is 4.90 Å². The predicted molar refractivity (Wildman–Crippen MR) is 52.2 cm³/mol. The smallest absolute Gasteiger partial charge is 0.251 e. The lowest BCUT2D eigenvalue weighted by molar-refractivity contribution is -0.128. The zero-order chi connectivity index (χ0) is 9.00. The van der Waals surface area contributed by atoms with Crippen LogP contribution < -0.4 is 0 Å². The van der Waals surface area contributed by atoms with Gasteiger partial charge in [0.05, 0.1) is 0 Å². The fraction of sp³-hybridized carbons (Fsp3) is 0.778. The van der Waals surface area contributed by atoms with Crippen LogP contribution in [0.1, 0.15) is 25.7 Å². The number of hydrogen-bond donors (Lipinski definition) is 0. The van der Waals surface area contributed by atoms with E-state index in [1.54, 1.807) is 0 Å². The molecule has 2 saturated heterocycles. The minimum absolute atomic E-state index is 0.105. The summed E-state index contributed by atoms with van der Waals surface area (Å²) >= 11 is 5.30. The lowest BCUT2D eigenvalue weighted by Gasteiger charge is -2.17. The van der Waals surface area contributed by atoms with Crippen LogP contribution in [0.5, 0.6) is 0 Å². The Morgan fingerprint density at radius 2 is 2.08 bits per heavy atom. The third-order valence-electron chi connectivity index (χ3n) is 3.14. The van der Waals surface area contributed by atoms with E-state index in [9.17, 15) is 4.79 Å². The molecule has 13 heavy (non-hydrogen) atoms. The second-order valence-corrected chi connectivity index (χ2v) is 4.44. The molecule has 70 valence electrons. The fourth-order valence-electron chi connectivity index (χ4n) is 2.31. The van der Waals surface area contributed by atoms with Gasteiger partial charge in [-0.1, -0.05) is 0 Å². The molecular weight excluding hydrogens is 184 g/mol. The molecule has 2 heterocycles. The molecule has 0 aromatic heterocycles. The minimum atomic E-state index is 0.105. The average molecular weight is 196 g/mol. The Kier molecular flexibility index (Phi) is 1.45. The van der Waals surface area contributed by atoms with Gasteiger partial charge in [0.15, 0.2) is 5.11 Å². The van der Waals surface area contributed by atoms with E-state index in [0.29, 0.717) is 6.04 Å². The summed E-state index contributed by atoms with van der Waals surface area (Å²) in [7, 11) is 0. The molecule has 4 heteroatoms. The average Bonchev–Trinajstić information content (AvgIpc) is 2.77. The van der Waals surface area contributed by atoms with Crippen molar-refractivity contribution in [3.8, 4) is 0 Å². The third kappa shape index (κ3) is 0.950. The van der Waals surface area contributed by atoms with Crippen LogP contribution in [0.4, 0.5) is 0 Å². The molecule has 1 amide bonds. The van der Waals surface area contributed by atoms with Crippen LogP contribution >= 0.6 is 12.2 Å². The van der Waals surface area contributed by atoms with Gasteiger partial charge < -0.3 is 4.90 Å². The molecule has 1 atom stereocenters. The summed E-state index contributed by atoms with van der Waals surface area (Å²) in [5, 5.41) is 0.801. The molecule has 0 radical (unpaired) electrons. The quantitative estimate of drug-likeness (QED) is 0.578. The Hall–Kier alpha value is -0.640. The van der Waals surface area contributed by atoms with Gasteiger partial charge in [-0.05, 0) is 37.9 Å². The van der Waals surface area contributed by atoms with Gasteiger partial charge in [-0.2, -0.15) is 0 Å². The highest BCUT2D eigenvalue weighted by molar-refractivity contribution is 7.80. The predicted octanol–water partition coefficient (Wildman–Crippen LogP) is 0.740. The molecule has 0 aromatic carbocycles. The molecule has 1 saturated carbocycles. The largest absolute Gasteiger partial charge is 0.337 e. The van der Waals surface area contributed by atoms with Crippen molar-refractivity contribution in [1.82, 2.24) is 9.80 Å². The third-order valence-corrected chi connectivity index (χ3v) is 3.57. The monoisotopic (exact) mass is 196 g/mol. The number of nitrogens with zero attached hydrogens (tertiary/aromatic N) is 2. The number of hydrogen-bond acceptors (Lipinski definition) is 2. The molecule has 2 aliphatic heterocycles. The summed E-state index contributed by atoms with van der Waals surface area (Å²) in [5.41, 5.74) is 0. The van der Waals surface area contributed by atoms with E-state index in [1.165, 1.54) is 0 Å². The summed E-state index contributed by atoms with van der Waals surface area (Å²) in [6.07, 6.45) is 4.41. The summed E-state index contributed by atoms with van der Waals surface area (Å²) < 4.78 is 0. The molecule has 3 fully saturated rings. The van der Waals surface area contributed by atoms with Crippen LogP contribution in [0.15, 0.2) is 0 Å². The van der Waals surface area contributed by atoms with Crippen molar-refractivity contribution in [3.05, 3.63) is 0 Å². The number of fused-ring (bicyclic) bond motifs is 1. The van der Waals surface area contributed by atoms with Crippen molar-refractivity contribution >= 4 is 23.2 Å². The van der Waals surface area contributed by atoms with Gasteiger partial charge in [-0.15, -0.1) is 0 Å². The number of amides is 1. The van der Waals surface area contributed by atoms with Crippen LogP contribution in [0.3, 0.4) is 0 Å². The van der Waals surface area contributed by atoms with Crippen LogP contribution in [0.2, 0.25) is 0 Å². The fourth-order valence-corrected chi connectivity index (χ4v) is 2.77. The van der Waals surface area contributed by atoms with E-state index in [-0.39, 0.29) is 11.9 Å². The van der Waals surface area contributed by atoms with E-state index in [2.05, 4.69) is 4.90 Å². The second-order valence-electron chi connectivity index (χ2n) is 4.07. The van der Waals surface area contributed by atoms with E-state index in [0.717, 1.165) is 37.3 Å². The zero-order valence-corrected chi connectivity index (χ0v) is 8.22. The summed E-state index contributed by atoms with van der Waals surface area (Å²) in [6.45, 7) is 0.985. The van der Waals surface area contributed by atoms with Gasteiger partial charge in [-0.25, -0.2) is 0 Å². The minimum Gasteiger partial charge on any atom is -0.337 e. The molecule has 0 spiro atoms. The summed E-state index contributed by atoms with van der Waals surface area (Å²) in [5.74, 6) is 0.269. The number of carbonyl (C=O) groups excluding carboxylic acids is 1. The van der Waals surface area contributed by atoms with E-state index >= 15 is 0 Å². The number of carbonyl (C=O) groups is 1. The Balaban J connectivity index is 1.91. The lowest BCUT2D eigenvalue weighted by Crippen LogP contribution is -2.34. The van der Waals surface area contributed by atoms with Gasteiger partial charge >= 0.3 is 0 Å². The Bertz CT molecular complexity index is 265. The Morgan fingerprint density at radius 1 is 1.31 bits per heavy atom. The molecule has 1 aliphatic carbocycles. The van der Waals surface area contributed by atoms with Crippen LogP contribution in [-0.2, 0) is 4.79 Å². The highest BCUT2D eigenvalue weighted by Gasteiger charge is 2.49. The lowest BCUT2D eigenvalue weighted by atomic mass is 10.2. The van der Waals surface area contributed by atoms with Crippen LogP contribution in [-0.4, -0.2) is 39.4 Å². The van der Waals surface area contributed by atoms with Gasteiger partial charge in [0.25, 0.3) is 5.91 Å². The summed E-state index contributed by atoms with van der Waals surface area (Å²) in [6, 6.07) is 0.554. The maximum atomic E-state index is 11.9. The molecule has 3 nitrogen and oxygen atoms in total. The second kappa shape index (κ2) is 2.44. The number of thiocarbonyl (C=S) groups is 1. The maximum Gasteiger partial charge on any atom is 0.251 e. The van der Waals surface area contributed by atoms with Crippen molar-refractivity contribution in [1.29, 1.82) is 0 Å². The van der Waals surface area contributed by atoms with Gasteiger partial charge in [-0.3, -0.25) is 9.69 Å². The molecule has 0 N–H and O–H groups in total. The molecular formula is C9H12N2OS.